The number of carbonyl (C=O) groups is 3. The van der Waals surface area contributed by atoms with Crippen LogP contribution in [0.2, 0.25) is 0 Å². The second-order valence-electron chi connectivity index (χ2n) is 8.63. The Bertz CT molecular complexity index is 1130. The van der Waals surface area contributed by atoms with Crippen molar-refractivity contribution in [2.75, 3.05) is 51.4 Å². The van der Waals surface area contributed by atoms with Gasteiger partial charge in [-0.05, 0) is 43.8 Å². The van der Waals surface area contributed by atoms with Crippen LogP contribution in [0.15, 0.2) is 30.3 Å². The van der Waals surface area contributed by atoms with E-state index in [1.54, 1.807) is 18.1 Å². The van der Waals surface area contributed by atoms with Gasteiger partial charge < -0.3 is 35.6 Å². The number of rotatable bonds is 5. The van der Waals surface area contributed by atoms with Crippen molar-refractivity contribution in [3.05, 3.63) is 41.5 Å². The van der Waals surface area contributed by atoms with Gasteiger partial charge in [0.1, 0.15) is 17.5 Å². The number of fused-ring (bicyclic) bond motifs is 1. The molecule has 3 amide bonds. The summed E-state index contributed by atoms with van der Waals surface area (Å²) in [7, 11) is 3.56. The molecule has 180 valence electrons. The number of hydrogen-bond donors (Lipinski definition) is 3. The molecule has 1 fully saturated rings. The zero-order valence-corrected chi connectivity index (χ0v) is 19.5. The van der Waals surface area contributed by atoms with Crippen LogP contribution in [0.5, 0.6) is 17.2 Å². The highest BCUT2D eigenvalue weighted by Gasteiger charge is 2.32. The van der Waals surface area contributed by atoms with Gasteiger partial charge in [-0.2, -0.15) is 0 Å². The molecule has 2 aliphatic rings. The van der Waals surface area contributed by atoms with Crippen LogP contribution >= 0.6 is 0 Å². The molecule has 0 aromatic heterocycles. The highest BCUT2D eigenvalue weighted by atomic mass is 16.5. The van der Waals surface area contributed by atoms with Gasteiger partial charge >= 0.3 is 0 Å². The standard InChI is InChI=1S/C24H29N5O5/c1-14-8-15(33-3)10-16(9-14)34-21-11-17-19(12-18(21)25)26-24(32)20(27-23(17)31)13-22(30)29-6-4-28(2)5-7-29/h8-12,20H,4-7,13,25H2,1-3H3,(H,26,32)(H,27,31)/t20-/m0/s1. The fourth-order valence-electron chi connectivity index (χ4n) is 4.02. The summed E-state index contributed by atoms with van der Waals surface area (Å²) in [5.41, 5.74) is 7.81. The molecule has 4 rings (SSSR count). The first-order valence-corrected chi connectivity index (χ1v) is 11.1. The monoisotopic (exact) mass is 467 g/mol. The van der Waals surface area contributed by atoms with Crippen molar-refractivity contribution in [3.8, 4) is 17.2 Å². The number of nitrogens with one attached hydrogen (secondary N) is 2. The zero-order chi connectivity index (χ0) is 24.4. The van der Waals surface area contributed by atoms with E-state index in [4.69, 9.17) is 15.2 Å². The number of nitrogens with two attached hydrogens (primary N) is 1. The molecule has 4 N–H and O–H groups in total. The average Bonchev–Trinajstić information content (AvgIpc) is 2.90. The maximum absolute atomic E-state index is 13.0. The number of methoxy groups -OCH3 is 1. The number of carbonyl (C=O) groups excluding carboxylic acids is 3. The second kappa shape index (κ2) is 9.60. The Labute approximate surface area is 198 Å². The lowest BCUT2D eigenvalue weighted by Gasteiger charge is -2.33. The third-order valence-electron chi connectivity index (χ3n) is 6.00. The normalized spacial score (nSPS) is 18.4. The lowest BCUT2D eigenvalue weighted by Crippen LogP contribution is -2.50. The number of ether oxygens (including phenoxy) is 2. The molecule has 2 aromatic carbocycles. The molecule has 0 radical (unpaired) electrons. The molecular formula is C24H29N5O5. The smallest absolute Gasteiger partial charge is 0.254 e. The molecule has 1 saturated heterocycles. The number of likely N-dealkylation sites (N-methyl/N-ethyl adjacent to an activating group) is 1. The van der Waals surface area contributed by atoms with E-state index in [0.29, 0.717) is 24.6 Å². The van der Waals surface area contributed by atoms with Crippen molar-refractivity contribution in [1.82, 2.24) is 15.1 Å². The van der Waals surface area contributed by atoms with Gasteiger partial charge in [-0.3, -0.25) is 14.4 Å². The van der Waals surface area contributed by atoms with Crippen LogP contribution in [-0.4, -0.2) is 73.9 Å². The van der Waals surface area contributed by atoms with Crippen molar-refractivity contribution in [3.63, 3.8) is 0 Å². The maximum Gasteiger partial charge on any atom is 0.254 e. The van der Waals surface area contributed by atoms with E-state index in [0.717, 1.165) is 18.7 Å². The Hall–Kier alpha value is -3.79. The Morgan fingerprint density at radius 2 is 1.79 bits per heavy atom. The number of amides is 3. The van der Waals surface area contributed by atoms with Crippen molar-refractivity contribution in [1.29, 1.82) is 0 Å². The summed E-state index contributed by atoms with van der Waals surface area (Å²) >= 11 is 0. The first-order chi connectivity index (χ1) is 16.2. The summed E-state index contributed by atoms with van der Waals surface area (Å²) in [6.45, 7) is 4.64. The minimum absolute atomic E-state index is 0.114. The molecule has 10 heteroatoms. The van der Waals surface area contributed by atoms with Gasteiger partial charge in [0.25, 0.3) is 5.91 Å². The zero-order valence-electron chi connectivity index (χ0n) is 19.5. The highest BCUT2D eigenvalue weighted by Crippen LogP contribution is 2.35. The third kappa shape index (κ3) is 5.07. The quantitative estimate of drug-likeness (QED) is 0.570. The van der Waals surface area contributed by atoms with Gasteiger partial charge in [-0.15, -0.1) is 0 Å². The van der Waals surface area contributed by atoms with Crippen molar-refractivity contribution >= 4 is 29.1 Å². The molecule has 0 saturated carbocycles. The molecule has 0 aliphatic carbocycles. The van der Waals surface area contributed by atoms with Crippen molar-refractivity contribution < 1.29 is 23.9 Å². The van der Waals surface area contributed by atoms with Gasteiger partial charge in [0.2, 0.25) is 11.8 Å². The van der Waals surface area contributed by atoms with Crippen LogP contribution < -0.4 is 25.8 Å². The van der Waals surface area contributed by atoms with E-state index < -0.39 is 17.9 Å². The molecule has 0 unspecified atom stereocenters. The molecule has 2 aromatic rings. The Morgan fingerprint density at radius 1 is 1.09 bits per heavy atom. The summed E-state index contributed by atoms with van der Waals surface area (Å²) < 4.78 is 11.2. The van der Waals surface area contributed by atoms with Crippen molar-refractivity contribution in [2.24, 2.45) is 0 Å². The van der Waals surface area contributed by atoms with Gasteiger partial charge in [-0.25, -0.2) is 0 Å². The number of aryl methyl sites for hydroxylation is 1. The largest absolute Gasteiger partial charge is 0.497 e. The van der Waals surface area contributed by atoms with Crippen LogP contribution in [0.4, 0.5) is 11.4 Å². The minimum atomic E-state index is -0.987. The number of piperazine rings is 1. The first-order valence-electron chi connectivity index (χ1n) is 11.1. The summed E-state index contributed by atoms with van der Waals surface area (Å²) in [4.78, 5) is 42.4. The molecule has 34 heavy (non-hydrogen) atoms. The molecule has 2 aliphatic heterocycles. The molecule has 1 atom stereocenters. The predicted molar refractivity (Wildman–Crippen MR) is 127 cm³/mol. The SMILES string of the molecule is COc1cc(C)cc(Oc2cc3c(cc2N)NC(=O)[C@H](CC(=O)N2CCN(C)CC2)NC3=O)c1. The van der Waals surface area contributed by atoms with E-state index in [2.05, 4.69) is 15.5 Å². The Morgan fingerprint density at radius 3 is 2.50 bits per heavy atom. The van der Waals surface area contributed by atoms with E-state index in [1.807, 2.05) is 26.1 Å². The molecule has 2 heterocycles. The number of hydrogen-bond acceptors (Lipinski definition) is 7. The fourth-order valence-corrected chi connectivity index (χ4v) is 4.02. The summed E-state index contributed by atoms with van der Waals surface area (Å²) in [5.74, 6) is 0.264. The molecule has 10 nitrogen and oxygen atoms in total. The van der Waals surface area contributed by atoms with Crippen molar-refractivity contribution in [2.45, 2.75) is 19.4 Å². The topological polar surface area (TPSA) is 126 Å². The summed E-state index contributed by atoms with van der Waals surface area (Å²) in [6.07, 6.45) is -0.114. The van der Waals surface area contributed by atoms with E-state index >= 15 is 0 Å². The Balaban J connectivity index is 1.52. The molecule has 0 spiro atoms. The van der Waals surface area contributed by atoms with Gasteiger partial charge in [0.15, 0.2) is 5.75 Å². The van der Waals surface area contributed by atoms with Crippen LogP contribution in [0.3, 0.4) is 0 Å². The average molecular weight is 468 g/mol. The first kappa shape index (κ1) is 23.4. The summed E-state index contributed by atoms with van der Waals surface area (Å²) in [6, 6.07) is 7.37. The van der Waals surface area contributed by atoms with E-state index in [9.17, 15) is 14.4 Å². The van der Waals surface area contributed by atoms with Gasteiger partial charge in [-0.1, -0.05) is 0 Å². The second-order valence-corrected chi connectivity index (χ2v) is 8.63. The van der Waals surface area contributed by atoms with Crippen LogP contribution in [0.1, 0.15) is 22.3 Å². The molecule has 0 bridgehead atoms. The lowest BCUT2D eigenvalue weighted by atomic mass is 10.1. The third-order valence-corrected chi connectivity index (χ3v) is 6.00. The minimum Gasteiger partial charge on any atom is -0.497 e. The number of nitrogen functional groups attached to an aromatic ring is 1. The number of benzene rings is 2. The highest BCUT2D eigenvalue weighted by molar-refractivity contribution is 6.11. The number of nitrogens with zero attached hydrogens (tertiary/aromatic N) is 2. The predicted octanol–water partition coefficient (Wildman–Crippen LogP) is 1.59. The van der Waals surface area contributed by atoms with Crippen LogP contribution in [0.25, 0.3) is 0 Å². The Kier molecular flexibility index (Phi) is 6.60. The van der Waals surface area contributed by atoms with Crippen LogP contribution in [0, 0.1) is 6.92 Å². The lowest BCUT2D eigenvalue weighted by molar-refractivity contribution is -0.135. The van der Waals surface area contributed by atoms with Gasteiger partial charge in [0, 0.05) is 32.2 Å². The number of anilines is 2. The fraction of sp³-hybridized carbons (Fsp3) is 0.375. The van der Waals surface area contributed by atoms with E-state index in [1.165, 1.54) is 12.1 Å². The summed E-state index contributed by atoms with van der Waals surface area (Å²) in [5, 5.41) is 5.40. The maximum atomic E-state index is 13.0. The van der Waals surface area contributed by atoms with Crippen LogP contribution in [-0.2, 0) is 9.59 Å². The van der Waals surface area contributed by atoms with E-state index in [-0.39, 0.29) is 35.0 Å². The van der Waals surface area contributed by atoms with Gasteiger partial charge in [0.05, 0.1) is 30.5 Å². The molecular weight excluding hydrogens is 438 g/mol.